The standard InChI is InChI=1S/C17H13BrOS/c1-10-9-16(20-11(10)2)17(19)14-7-8-15(18)13-6-4-3-5-12(13)14/h3-9H,1-2H3. The summed E-state index contributed by atoms with van der Waals surface area (Å²) in [5, 5.41) is 2.07. The van der Waals surface area contributed by atoms with Crippen molar-refractivity contribution in [3.05, 3.63) is 67.8 Å². The summed E-state index contributed by atoms with van der Waals surface area (Å²) in [5.74, 6) is 0.106. The fourth-order valence-corrected chi connectivity index (χ4v) is 3.74. The molecule has 0 aliphatic rings. The van der Waals surface area contributed by atoms with E-state index >= 15 is 0 Å². The zero-order valence-electron chi connectivity index (χ0n) is 11.2. The lowest BCUT2D eigenvalue weighted by Gasteiger charge is -2.06. The minimum absolute atomic E-state index is 0.106. The minimum Gasteiger partial charge on any atom is -0.288 e. The first-order chi connectivity index (χ1) is 9.58. The van der Waals surface area contributed by atoms with Crippen LogP contribution in [0.25, 0.3) is 10.8 Å². The van der Waals surface area contributed by atoms with Crippen LogP contribution in [-0.2, 0) is 0 Å². The molecule has 1 nitrogen and oxygen atoms in total. The summed E-state index contributed by atoms with van der Waals surface area (Å²) < 4.78 is 1.02. The molecule has 0 bridgehead atoms. The molecule has 20 heavy (non-hydrogen) atoms. The molecule has 3 rings (SSSR count). The highest BCUT2D eigenvalue weighted by atomic mass is 79.9. The first kappa shape index (κ1) is 13.5. The van der Waals surface area contributed by atoms with E-state index in [4.69, 9.17) is 0 Å². The Labute approximate surface area is 130 Å². The van der Waals surface area contributed by atoms with Gasteiger partial charge in [-0.3, -0.25) is 4.79 Å². The lowest BCUT2D eigenvalue weighted by Crippen LogP contribution is -1.99. The van der Waals surface area contributed by atoms with Gasteiger partial charge in [0.15, 0.2) is 0 Å². The van der Waals surface area contributed by atoms with E-state index in [1.807, 2.05) is 49.4 Å². The second-order valence-electron chi connectivity index (χ2n) is 4.82. The third-order valence-corrected chi connectivity index (χ3v) is 5.35. The normalized spacial score (nSPS) is 10.9. The molecule has 2 aromatic carbocycles. The topological polar surface area (TPSA) is 17.1 Å². The molecule has 0 unspecified atom stereocenters. The number of aryl methyl sites for hydroxylation is 2. The van der Waals surface area contributed by atoms with Gasteiger partial charge in [-0.05, 0) is 48.4 Å². The molecule has 0 aliphatic carbocycles. The van der Waals surface area contributed by atoms with Gasteiger partial charge in [0.2, 0.25) is 5.78 Å². The van der Waals surface area contributed by atoms with Gasteiger partial charge in [-0.15, -0.1) is 11.3 Å². The van der Waals surface area contributed by atoms with Gasteiger partial charge in [0.1, 0.15) is 0 Å². The maximum atomic E-state index is 12.7. The zero-order chi connectivity index (χ0) is 14.3. The first-order valence-electron chi connectivity index (χ1n) is 6.37. The van der Waals surface area contributed by atoms with Crippen LogP contribution in [0.5, 0.6) is 0 Å². The third kappa shape index (κ3) is 2.21. The molecular weight excluding hydrogens is 332 g/mol. The highest BCUT2D eigenvalue weighted by molar-refractivity contribution is 9.10. The Morgan fingerprint density at radius 3 is 2.40 bits per heavy atom. The van der Waals surface area contributed by atoms with Gasteiger partial charge in [-0.2, -0.15) is 0 Å². The number of carbonyl (C=O) groups is 1. The molecule has 1 aromatic heterocycles. The lowest BCUT2D eigenvalue weighted by molar-refractivity contribution is 0.104. The second-order valence-corrected chi connectivity index (χ2v) is 6.93. The van der Waals surface area contributed by atoms with Crippen LogP contribution in [0.3, 0.4) is 0 Å². The average molecular weight is 345 g/mol. The van der Waals surface area contributed by atoms with Crippen molar-refractivity contribution < 1.29 is 4.79 Å². The van der Waals surface area contributed by atoms with Gasteiger partial charge in [0.05, 0.1) is 4.88 Å². The number of thiophene rings is 1. The lowest BCUT2D eigenvalue weighted by atomic mass is 10.0. The third-order valence-electron chi connectivity index (χ3n) is 3.51. The minimum atomic E-state index is 0.106. The molecule has 3 heteroatoms. The molecule has 0 atom stereocenters. The van der Waals surface area contributed by atoms with E-state index in [2.05, 4.69) is 22.9 Å². The first-order valence-corrected chi connectivity index (χ1v) is 7.98. The van der Waals surface area contributed by atoms with Gasteiger partial charge in [0, 0.05) is 14.9 Å². The average Bonchev–Trinajstić information content (AvgIpc) is 2.79. The van der Waals surface area contributed by atoms with Crippen molar-refractivity contribution in [1.82, 2.24) is 0 Å². The molecule has 0 N–H and O–H groups in total. The number of ketones is 1. The summed E-state index contributed by atoms with van der Waals surface area (Å²) in [4.78, 5) is 14.7. The molecule has 0 fully saturated rings. The highest BCUT2D eigenvalue weighted by Gasteiger charge is 2.16. The van der Waals surface area contributed by atoms with Crippen molar-refractivity contribution in [3.63, 3.8) is 0 Å². The number of hydrogen-bond acceptors (Lipinski definition) is 2. The second kappa shape index (κ2) is 5.15. The summed E-state index contributed by atoms with van der Waals surface area (Å²) in [6.45, 7) is 4.10. The Balaban J connectivity index is 2.20. The van der Waals surface area contributed by atoms with Crippen LogP contribution in [0, 0.1) is 13.8 Å². The van der Waals surface area contributed by atoms with Crippen molar-refractivity contribution in [2.45, 2.75) is 13.8 Å². The molecule has 0 radical (unpaired) electrons. The van der Waals surface area contributed by atoms with Gasteiger partial charge in [-0.25, -0.2) is 0 Å². The van der Waals surface area contributed by atoms with Crippen molar-refractivity contribution >= 4 is 43.8 Å². The highest BCUT2D eigenvalue weighted by Crippen LogP contribution is 2.30. The maximum Gasteiger partial charge on any atom is 0.203 e. The molecular formula is C17H13BrOS. The van der Waals surface area contributed by atoms with Crippen LogP contribution in [0.4, 0.5) is 0 Å². The van der Waals surface area contributed by atoms with E-state index in [-0.39, 0.29) is 5.78 Å². The van der Waals surface area contributed by atoms with Crippen molar-refractivity contribution in [3.8, 4) is 0 Å². The molecule has 100 valence electrons. The summed E-state index contributed by atoms with van der Waals surface area (Å²) in [7, 11) is 0. The molecule has 0 aliphatic heterocycles. The smallest absolute Gasteiger partial charge is 0.203 e. The zero-order valence-corrected chi connectivity index (χ0v) is 13.6. The number of fused-ring (bicyclic) bond motifs is 1. The summed E-state index contributed by atoms with van der Waals surface area (Å²) in [6, 6.07) is 13.8. The quantitative estimate of drug-likeness (QED) is 0.560. The predicted octanol–water partition coefficient (Wildman–Crippen LogP) is 5.51. The SMILES string of the molecule is Cc1cc(C(=O)c2ccc(Br)c3ccccc23)sc1C. The van der Waals surface area contributed by atoms with E-state index in [1.54, 1.807) is 11.3 Å². The van der Waals surface area contributed by atoms with E-state index < -0.39 is 0 Å². The maximum absolute atomic E-state index is 12.7. The van der Waals surface area contributed by atoms with Gasteiger partial charge in [0.25, 0.3) is 0 Å². The van der Waals surface area contributed by atoms with E-state index in [0.717, 1.165) is 25.7 Å². The molecule has 0 saturated heterocycles. The van der Waals surface area contributed by atoms with E-state index in [0.29, 0.717) is 0 Å². The van der Waals surface area contributed by atoms with Crippen molar-refractivity contribution in [1.29, 1.82) is 0 Å². The molecule has 0 amide bonds. The molecule has 3 aromatic rings. The van der Waals surface area contributed by atoms with E-state index in [9.17, 15) is 4.79 Å². The van der Waals surface area contributed by atoms with Crippen LogP contribution < -0.4 is 0 Å². The Kier molecular flexibility index (Phi) is 3.48. The van der Waals surface area contributed by atoms with Crippen molar-refractivity contribution in [2.75, 3.05) is 0 Å². The van der Waals surface area contributed by atoms with Crippen molar-refractivity contribution in [2.24, 2.45) is 0 Å². The van der Waals surface area contributed by atoms with Crippen LogP contribution in [0.15, 0.2) is 46.9 Å². The Hall–Kier alpha value is -1.45. The summed E-state index contributed by atoms with van der Waals surface area (Å²) in [5.41, 5.74) is 1.95. The van der Waals surface area contributed by atoms with Gasteiger partial charge in [-0.1, -0.05) is 40.2 Å². The summed E-state index contributed by atoms with van der Waals surface area (Å²) >= 11 is 5.11. The van der Waals surface area contributed by atoms with E-state index in [1.165, 1.54) is 10.4 Å². The fourth-order valence-electron chi connectivity index (χ4n) is 2.28. The van der Waals surface area contributed by atoms with Gasteiger partial charge >= 0.3 is 0 Å². The number of benzene rings is 2. The number of halogens is 1. The largest absolute Gasteiger partial charge is 0.288 e. The van der Waals surface area contributed by atoms with Crippen LogP contribution in [-0.4, -0.2) is 5.78 Å². The van der Waals surface area contributed by atoms with Crippen LogP contribution in [0.1, 0.15) is 25.7 Å². The molecule has 0 spiro atoms. The Bertz CT molecular complexity index is 797. The Morgan fingerprint density at radius 2 is 1.75 bits per heavy atom. The number of rotatable bonds is 2. The predicted molar refractivity (Wildman–Crippen MR) is 88.9 cm³/mol. The van der Waals surface area contributed by atoms with Gasteiger partial charge < -0.3 is 0 Å². The number of carbonyl (C=O) groups excluding carboxylic acids is 1. The monoisotopic (exact) mass is 344 g/mol. The summed E-state index contributed by atoms with van der Waals surface area (Å²) in [6.07, 6.45) is 0. The Morgan fingerprint density at radius 1 is 1.05 bits per heavy atom. The molecule has 0 saturated carbocycles. The van der Waals surface area contributed by atoms with Crippen LogP contribution in [0.2, 0.25) is 0 Å². The van der Waals surface area contributed by atoms with Crippen LogP contribution >= 0.6 is 27.3 Å². The fraction of sp³-hybridized carbons (Fsp3) is 0.118. The number of hydrogen-bond donors (Lipinski definition) is 0. The molecule has 1 heterocycles.